The molecular weight excluding hydrogens is 228 g/mol. The highest BCUT2D eigenvalue weighted by atomic mass is 16.6. The number of aliphatic hydroxyl groups is 1. The van der Waals surface area contributed by atoms with Crippen molar-refractivity contribution in [2.75, 3.05) is 6.61 Å². The topological polar surface area (TPSA) is 46.5 Å². The quantitative estimate of drug-likeness (QED) is 0.618. The minimum Gasteiger partial charge on any atom is -0.456 e. The van der Waals surface area contributed by atoms with E-state index in [1.165, 1.54) is 0 Å². The average Bonchev–Trinajstić information content (AvgIpc) is 2.86. The van der Waals surface area contributed by atoms with Crippen molar-refractivity contribution in [3.05, 3.63) is 12.2 Å². The van der Waals surface area contributed by atoms with E-state index in [9.17, 15) is 9.90 Å². The number of hydrogen-bond donors (Lipinski definition) is 1. The van der Waals surface area contributed by atoms with Gasteiger partial charge in [0.15, 0.2) is 0 Å². The first-order valence-electron chi connectivity index (χ1n) is 6.79. The van der Waals surface area contributed by atoms with Crippen molar-refractivity contribution < 1.29 is 14.6 Å². The largest absolute Gasteiger partial charge is 0.456 e. The summed E-state index contributed by atoms with van der Waals surface area (Å²) in [5.41, 5.74) is 0.0865. The van der Waals surface area contributed by atoms with Crippen LogP contribution in [0.3, 0.4) is 0 Å². The first-order chi connectivity index (χ1) is 8.30. The van der Waals surface area contributed by atoms with Gasteiger partial charge < -0.3 is 9.84 Å². The molecule has 2 rings (SSSR count). The van der Waals surface area contributed by atoms with Crippen LogP contribution in [0.2, 0.25) is 0 Å². The Labute approximate surface area is 109 Å². The van der Waals surface area contributed by atoms with Crippen molar-refractivity contribution in [2.24, 2.45) is 17.3 Å². The highest BCUT2D eigenvalue weighted by Gasteiger charge is 2.55. The summed E-state index contributed by atoms with van der Waals surface area (Å²) in [7, 11) is 0. The molecule has 0 radical (unpaired) electrons. The Kier molecular flexibility index (Phi) is 3.30. The normalized spacial score (nSPS) is 34.7. The van der Waals surface area contributed by atoms with Crippen LogP contribution in [0.1, 0.15) is 46.5 Å². The second kappa shape index (κ2) is 4.37. The molecule has 2 bridgehead atoms. The van der Waals surface area contributed by atoms with Gasteiger partial charge in [-0.2, -0.15) is 0 Å². The molecule has 0 heterocycles. The van der Waals surface area contributed by atoms with Crippen molar-refractivity contribution in [3.63, 3.8) is 0 Å². The van der Waals surface area contributed by atoms with Crippen LogP contribution in [0.15, 0.2) is 12.2 Å². The maximum Gasteiger partial charge on any atom is 0.333 e. The Hall–Kier alpha value is -0.830. The molecule has 2 aliphatic rings. The number of esters is 1. The minimum atomic E-state index is -0.460. The van der Waals surface area contributed by atoms with Crippen molar-refractivity contribution in [3.8, 4) is 0 Å². The maximum atomic E-state index is 11.7. The van der Waals surface area contributed by atoms with Crippen LogP contribution in [0.4, 0.5) is 0 Å². The predicted octanol–water partition coefficient (Wildman–Crippen LogP) is 2.68. The Morgan fingerprint density at radius 1 is 1.50 bits per heavy atom. The lowest BCUT2D eigenvalue weighted by molar-refractivity contribution is -0.159. The van der Waals surface area contributed by atoms with Crippen LogP contribution in [-0.2, 0) is 9.53 Å². The van der Waals surface area contributed by atoms with Gasteiger partial charge in [0.05, 0.1) is 0 Å². The molecule has 3 nitrogen and oxygen atoms in total. The van der Waals surface area contributed by atoms with E-state index < -0.39 is 5.60 Å². The fourth-order valence-electron chi connectivity index (χ4n) is 3.84. The van der Waals surface area contributed by atoms with E-state index in [2.05, 4.69) is 6.58 Å². The number of carbonyl (C=O) groups is 1. The van der Waals surface area contributed by atoms with E-state index in [1.807, 2.05) is 13.8 Å². The van der Waals surface area contributed by atoms with Gasteiger partial charge in [-0.1, -0.05) is 6.58 Å². The second-order valence-electron chi connectivity index (χ2n) is 6.74. The number of ether oxygens (including phenoxy) is 1. The molecule has 0 spiro atoms. The molecule has 3 heteroatoms. The van der Waals surface area contributed by atoms with E-state index in [-0.39, 0.29) is 18.0 Å². The van der Waals surface area contributed by atoms with Gasteiger partial charge in [0.1, 0.15) is 5.60 Å². The van der Waals surface area contributed by atoms with Gasteiger partial charge in [-0.3, -0.25) is 0 Å². The average molecular weight is 252 g/mol. The SMILES string of the molecule is C=C(C)C(=O)OC(C)(C)C1CC2(CO)CCC1C2. The lowest BCUT2D eigenvalue weighted by Crippen LogP contribution is -2.40. The minimum absolute atomic E-state index is 0.0994. The lowest BCUT2D eigenvalue weighted by Gasteiger charge is -2.38. The van der Waals surface area contributed by atoms with Gasteiger partial charge in [0, 0.05) is 18.1 Å². The van der Waals surface area contributed by atoms with Crippen molar-refractivity contribution in [1.29, 1.82) is 0 Å². The molecule has 0 aromatic carbocycles. The summed E-state index contributed by atoms with van der Waals surface area (Å²) in [6, 6.07) is 0. The highest BCUT2D eigenvalue weighted by molar-refractivity contribution is 5.87. The molecule has 0 aromatic rings. The van der Waals surface area contributed by atoms with Crippen molar-refractivity contribution in [1.82, 2.24) is 0 Å². The number of aliphatic hydroxyl groups excluding tert-OH is 1. The molecule has 102 valence electrons. The molecule has 1 N–H and O–H groups in total. The van der Waals surface area contributed by atoms with E-state index in [0.29, 0.717) is 17.4 Å². The third kappa shape index (κ3) is 2.20. The third-order valence-corrected chi connectivity index (χ3v) is 4.90. The van der Waals surface area contributed by atoms with Crippen molar-refractivity contribution >= 4 is 5.97 Å². The van der Waals surface area contributed by atoms with Crippen molar-refractivity contribution in [2.45, 2.75) is 52.1 Å². The van der Waals surface area contributed by atoms with Gasteiger partial charge in [0.2, 0.25) is 0 Å². The van der Waals surface area contributed by atoms with Gasteiger partial charge in [0.25, 0.3) is 0 Å². The monoisotopic (exact) mass is 252 g/mol. The summed E-state index contributed by atoms with van der Waals surface area (Å²) < 4.78 is 5.61. The summed E-state index contributed by atoms with van der Waals surface area (Å²) >= 11 is 0. The summed E-state index contributed by atoms with van der Waals surface area (Å²) in [5.74, 6) is 0.646. The lowest BCUT2D eigenvalue weighted by atomic mass is 9.74. The van der Waals surface area contributed by atoms with Gasteiger partial charge in [-0.25, -0.2) is 4.79 Å². The summed E-state index contributed by atoms with van der Waals surface area (Å²) in [4.78, 5) is 11.7. The molecule has 18 heavy (non-hydrogen) atoms. The zero-order valence-corrected chi connectivity index (χ0v) is 11.7. The van der Waals surface area contributed by atoms with Crippen LogP contribution in [0.5, 0.6) is 0 Å². The number of hydrogen-bond acceptors (Lipinski definition) is 3. The summed E-state index contributed by atoms with van der Waals surface area (Å²) in [6.07, 6.45) is 4.33. The summed E-state index contributed by atoms with van der Waals surface area (Å²) in [6.45, 7) is 9.55. The molecular formula is C15H24O3. The molecule has 0 amide bonds. The molecule has 0 aliphatic heterocycles. The second-order valence-corrected chi connectivity index (χ2v) is 6.74. The first-order valence-corrected chi connectivity index (χ1v) is 6.79. The standard InChI is InChI=1S/C15H24O3/c1-10(2)13(17)18-14(3,4)12-8-15(9-16)6-5-11(12)7-15/h11-12,16H,1,5-9H2,2-4H3. The van der Waals surface area contributed by atoms with Crippen LogP contribution < -0.4 is 0 Å². The Bertz CT molecular complexity index is 372. The number of rotatable bonds is 4. The number of carbonyl (C=O) groups excluding carboxylic acids is 1. The molecule has 2 fully saturated rings. The smallest absolute Gasteiger partial charge is 0.333 e. The fraction of sp³-hybridized carbons (Fsp3) is 0.800. The molecule has 3 atom stereocenters. The summed E-state index contributed by atoms with van der Waals surface area (Å²) in [5, 5.41) is 9.57. The van der Waals surface area contributed by atoms with E-state index >= 15 is 0 Å². The predicted molar refractivity (Wildman–Crippen MR) is 70.0 cm³/mol. The molecule has 0 saturated heterocycles. The van der Waals surface area contributed by atoms with Gasteiger partial charge in [-0.15, -0.1) is 0 Å². The zero-order valence-electron chi connectivity index (χ0n) is 11.7. The molecule has 0 aromatic heterocycles. The van der Waals surface area contributed by atoms with E-state index in [0.717, 1.165) is 25.7 Å². The van der Waals surface area contributed by atoms with Crippen LogP contribution >= 0.6 is 0 Å². The Morgan fingerprint density at radius 2 is 2.17 bits per heavy atom. The maximum absolute atomic E-state index is 11.7. The van der Waals surface area contributed by atoms with Crippen LogP contribution in [-0.4, -0.2) is 23.3 Å². The molecule has 3 unspecified atom stereocenters. The van der Waals surface area contributed by atoms with Crippen LogP contribution in [0, 0.1) is 17.3 Å². The fourth-order valence-corrected chi connectivity index (χ4v) is 3.84. The Balaban J connectivity index is 2.08. The van der Waals surface area contributed by atoms with Gasteiger partial charge in [-0.05, 0) is 57.8 Å². The molecule has 2 saturated carbocycles. The van der Waals surface area contributed by atoms with Crippen LogP contribution in [0.25, 0.3) is 0 Å². The number of fused-ring (bicyclic) bond motifs is 2. The zero-order chi connectivity index (χ0) is 13.6. The Morgan fingerprint density at radius 3 is 2.67 bits per heavy atom. The third-order valence-electron chi connectivity index (χ3n) is 4.90. The van der Waals surface area contributed by atoms with E-state index in [1.54, 1.807) is 6.92 Å². The van der Waals surface area contributed by atoms with E-state index in [4.69, 9.17) is 4.74 Å². The highest BCUT2D eigenvalue weighted by Crippen LogP contribution is 2.59. The first kappa shape index (κ1) is 13.6. The van der Waals surface area contributed by atoms with Gasteiger partial charge >= 0.3 is 5.97 Å². The molecule has 2 aliphatic carbocycles.